The monoisotopic (exact) mass is 320 g/mol. The predicted molar refractivity (Wildman–Crippen MR) is 82.5 cm³/mol. The number of hydrogen-bond donors (Lipinski definition) is 0. The summed E-state index contributed by atoms with van der Waals surface area (Å²) in [5.74, 6) is -0.0205. The molecule has 0 amide bonds. The number of ether oxygens (including phenoxy) is 1. The Morgan fingerprint density at radius 2 is 2.14 bits per heavy atom. The first-order chi connectivity index (χ1) is 10.4. The van der Waals surface area contributed by atoms with E-state index >= 15 is 0 Å². The van der Waals surface area contributed by atoms with E-state index in [0.29, 0.717) is 27.2 Å². The molecule has 0 fully saturated rings. The highest BCUT2D eigenvalue weighted by Crippen LogP contribution is 2.29. The summed E-state index contributed by atoms with van der Waals surface area (Å²) in [4.78, 5) is 41.4. The molecular weight excluding hydrogens is 304 g/mol. The zero-order valence-electron chi connectivity index (χ0n) is 12.6. The van der Waals surface area contributed by atoms with Gasteiger partial charge in [0.15, 0.2) is 11.9 Å². The Labute approximate surface area is 130 Å². The van der Waals surface area contributed by atoms with Crippen LogP contribution in [0.3, 0.4) is 0 Å². The van der Waals surface area contributed by atoms with Gasteiger partial charge in [-0.2, -0.15) is 0 Å². The molecule has 1 aliphatic rings. The van der Waals surface area contributed by atoms with Crippen molar-refractivity contribution in [3.63, 3.8) is 0 Å². The van der Waals surface area contributed by atoms with Crippen LogP contribution in [-0.2, 0) is 22.5 Å². The number of Topliss-reactive ketones (excluding diaryl/α,β-unsaturated/α-hetero) is 1. The molecule has 3 heterocycles. The second-order valence-electron chi connectivity index (χ2n) is 5.48. The van der Waals surface area contributed by atoms with Crippen LogP contribution in [0.5, 0.6) is 0 Å². The second-order valence-corrected chi connectivity index (χ2v) is 6.48. The molecular formula is C15H16N2O4S. The van der Waals surface area contributed by atoms with Gasteiger partial charge < -0.3 is 4.74 Å². The van der Waals surface area contributed by atoms with Crippen LogP contribution in [0.25, 0.3) is 10.2 Å². The maximum Gasteiger partial charge on any atom is 0.349 e. The minimum atomic E-state index is -0.795. The lowest BCUT2D eigenvalue weighted by Gasteiger charge is -2.08. The molecule has 0 N–H and O–H groups in total. The third-order valence-corrected chi connectivity index (χ3v) is 5.12. The van der Waals surface area contributed by atoms with E-state index in [1.165, 1.54) is 13.8 Å². The van der Waals surface area contributed by atoms with Crippen molar-refractivity contribution in [1.29, 1.82) is 0 Å². The lowest BCUT2D eigenvalue weighted by molar-refractivity contribution is -0.124. The van der Waals surface area contributed by atoms with E-state index in [-0.39, 0.29) is 11.3 Å². The summed E-state index contributed by atoms with van der Waals surface area (Å²) in [5.41, 5.74) is 0.491. The zero-order chi connectivity index (χ0) is 16.0. The fraction of sp³-hybridized carbons (Fsp3) is 0.467. The zero-order valence-corrected chi connectivity index (χ0v) is 13.5. The lowest BCUT2D eigenvalue weighted by atomic mass is 10.2. The van der Waals surface area contributed by atoms with Crippen molar-refractivity contribution in [1.82, 2.24) is 9.55 Å². The quantitative estimate of drug-likeness (QED) is 0.807. The Bertz CT molecular complexity index is 849. The van der Waals surface area contributed by atoms with Gasteiger partial charge in [-0.3, -0.25) is 14.2 Å². The Hall–Kier alpha value is -2.02. The van der Waals surface area contributed by atoms with Crippen molar-refractivity contribution in [2.75, 3.05) is 0 Å². The van der Waals surface area contributed by atoms with Crippen molar-refractivity contribution in [3.8, 4) is 0 Å². The first-order valence-electron chi connectivity index (χ1n) is 7.14. The third kappa shape index (κ3) is 2.25. The number of rotatable bonds is 3. The molecule has 1 aliphatic heterocycles. The number of hydrogen-bond acceptors (Lipinski definition) is 6. The normalized spacial score (nSPS) is 14.9. The van der Waals surface area contributed by atoms with Gasteiger partial charge in [-0.05, 0) is 32.8 Å². The van der Waals surface area contributed by atoms with Crippen molar-refractivity contribution in [2.45, 2.75) is 46.3 Å². The number of esters is 1. The van der Waals surface area contributed by atoms with E-state index in [0.717, 1.165) is 30.0 Å². The summed E-state index contributed by atoms with van der Waals surface area (Å²) >= 11 is 1.16. The van der Waals surface area contributed by atoms with Crippen LogP contribution in [0, 0.1) is 6.92 Å². The molecule has 0 spiro atoms. The number of aromatic nitrogens is 2. The number of carbonyl (C=O) groups excluding carboxylic acids is 2. The van der Waals surface area contributed by atoms with Crippen LogP contribution in [0.1, 0.15) is 41.3 Å². The number of thiophene rings is 1. The van der Waals surface area contributed by atoms with Gasteiger partial charge in [-0.1, -0.05) is 0 Å². The smallest absolute Gasteiger partial charge is 0.349 e. The van der Waals surface area contributed by atoms with E-state index in [1.54, 1.807) is 11.5 Å². The predicted octanol–water partition coefficient (Wildman–Crippen LogP) is 1.85. The Morgan fingerprint density at radius 3 is 2.82 bits per heavy atom. The minimum Gasteiger partial charge on any atom is -0.450 e. The number of carbonyl (C=O) groups is 2. The number of fused-ring (bicyclic) bond motifs is 2. The van der Waals surface area contributed by atoms with Gasteiger partial charge in [0, 0.05) is 13.0 Å². The SMILES string of the molecule is CC(=O)C(C)OC(=O)c1sc2nc3n(c(=O)c2c1C)CCC3. The lowest BCUT2D eigenvalue weighted by Crippen LogP contribution is -2.22. The summed E-state index contributed by atoms with van der Waals surface area (Å²) in [5, 5.41) is 0.484. The maximum atomic E-state index is 12.5. The van der Waals surface area contributed by atoms with E-state index in [2.05, 4.69) is 4.98 Å². The fourth-order valence-corrected chi connectivity index (χ4v) is 3.64. The van der Waals surface area contributed by atoms with Crippen molar-refractivity contribution in [2.24, 2.45) is 0 Å². The van der Waals surface area contributed by atoms with Crippen LogP contribution in [-0.4, -0.2) is 27.4 Å². The van der Waals surface area contributed by atoms with Crippen molar-refractivity contribution in [3.05, 3.63) is 26.6 Å². The van der Waals surface area contributed by atoms with E-state index in [9.17, 15) is 14.4 Å². The largest absolute Gasteiger partial charge is 0.450 e. The average Bonchev–Trinajstić information content (AvgIpc) is 3.04. The molecule has 0 aromatic carbocycles. The Kier molecular flexibility index (Phi) is 3.60. The van der Waals surface area contributed by atoms with E-state index in [4.69, 9.17) is 4.74 Å². The van der Waals surface area contributed by atoms with Gasteiger partial charge in [-0.15, -0.1) is 11.3 Å². The number of aryl methyl sites for hydroxylation is 2. The molecule has 2 aromatic heterocycles. The summed E-state index contributed by atoms with van der Waals surface area (Å²) in [6.45, 7) is 5.30. The molecule has 0 radical (unpaired) electrons. The second kappa shape index (κ2) is 5.31. The molecule has 116 valence electrons. The molecule has 0 saturated heterocycles. The van der Waals surface area contributed by atoms with Crippen LogP contribution in [0.15, 0.2) is 4.79 Å². The Balaban J connectivity index is 2.08. The summed E-state index contributed by atoms with van der Waals surface area (Å²) in [6, 6.07) is 0. The summed E-state index contributed by atoms with van der Waals surface area (Å²) in [7, 11) is 0. The fourth-order valence-electron chi connectivity index (χ4n) is 2.57. The molecule has 6 nitrogen and oxygen atoms in total. The molecule has 1 atom stereocenters. The minimum absolute atomic E-state index is 0.0927. The molecule has 3 rings (SSSR count). The van der Waals surface area contributed by atoms with Crippen molar-refractivity contribution >= 4 is 33.3 Å². The topological polar surface area (TPSA) is 78.3 Å². The maximum absolute atomic E-state index is 12.5. The van der Waals surface area contributed by atoms with Crippen molar-refractivity contribution < 1.29 is 14.3 Å². The van der Waals surface area contributed by atoms with Gasteiger partial charge in [-0.25, -0.2) is 9.78 Å². The first kappa shape index (κ1) is 14.9. The highest BCUT2D eigenvalue weighted by Gasteiger charge is 2.25. The van der Waals surface area contributed by atoms with Crippen LogP contribution in [0.4, 0.5) is 0 Å². The third-order valence-electron chi connectivity index (χ3n) is 3.95. The molecule has 0 aliphatic carbocycles. The Morgan fingerprint density at radius 1 is 1.41 bits per heavy atom. The molecule has 1 unspecified atom stereocenters. The standard InChI is InChI=1S/C15H16N2O4S/c1-7-11-13(16-10-5-4-6-17(10)14(11)19)22-12(7)15(20)21-9(3)8(2)18/h9H,4-6H2,1-3H3. The van der Waals surface area contributed by atoms with Gasteiger partial charge >= 0.3 is 5.97 Å². The van der Waals surface area contributed by atoms with Gasteiger partial charge in [0.1, 0.15) is 15.5 Å². The van der Waals surface area contributed by atoms with Gasteiger partial charge in [0.25, 0.3) is 5.56 Å². The summed E-state index contributed by atoms with van der Waals surface area (Å²) in [6.07, 6.45) is 0.906. The van der Waals surface area contributed by atoms with E-state index < -0.39 is 12.1 Å². The highest BCUT2D eigenvalue weighted by molar-refractivity contribution is 7.20. The number of nitrogens with zero attached hydrogens (tertiary/aromatic N) is 2. The van der Waals surface area contributed by atoms with Gasteiger partial charge in [0.05, 0.1) is 5.39 Å². The van der Waals surface area contributed by atoms with E-state index in [1.807, 2.05) is 0 Å². The van der Waals surface area contributed by atoms with Gasteiger partial charge in [0.2, 0.25) is 0 Å². The molecule has 7 heteroatoms. The van der Waals surface area contributed by atoms with Crippen LogP contribution in [0.2, 0.25) is 0 Å². The molecule has 22 heavy (non-hydrogen) atoms. The highest BCUT2D eigenvalue weighted by atomic mass is 32.1. The first-order valence-corrected chi connectivity index (χ1v) is 7.96. The molecule has 0 bridgehead atoms. The molecule has 2 aromatic rings. The molecule has 0 saturated carbocycles. The number of ketones is 1. The summed E-state index contributed by atoms with van der Waals surface area (Å²) < 4.78 is 6.81. The average molecular weight is 320 g/mol. The van der Waals surface area contributed by atoms with Crippen LogP contribution >= 0.6 is 11.3 Å². The van der Waals surface area contributed by atoms with Crippen LogP contribution < -0.4 is 5.56 Å².